The number of amides is 1. The SMILES string of the molecule is CC(=O)C(O)[C@H]1O[C@@H](Oc2n[nH]c(C(C)C)c2Cc2ccc(CCCC(=O)NC(C)(C)C(=O)O)cc2)[C@@](O)(C(C)=O)[C@](O)(C(C)=O)[C@]1(O)C(C)=O. The van der Waals surface area contributed by atoms with Gasteiger partial charge in [-0.05, 0) is 71.4 Å². The first kappa shape index (κ1) is 41.1. The van der Waals surface area contributed by atoms with Crippen molar-refractivity contribution in [3.63, 3.8) is 0 Å². The molecule has 6 atom stereocenters. The van der Waals surface area contributed by atoms with Crippen LogP contribution < -0.4 is 10.1 Å². The fourth-order valence-corrected chi connectivity index (χ4v) is 6.19. The summed E-state index contributed by atoms with van der Waals surface area (Å²) in [6, 6.07) is 7.30. The molecular weight excluding hydrogens is 670 g/mol. The van der Waals surface area contributed by atoms with E-state index in [4.69, 9.17) is 9.47 Å². The van der Waals surface area contributed by atoms with Crippen LogP contribution in [0.2, 0.25) is 0 Å². The van der Waals surface area contributed by atoms with Gasteiger partial charge in [-0.2, -0.15) is 0 Å². The number of aliphatic hydroxyl groups excluding tert-OH is 1. The van der Waals surface area contributed by atoms with Gasteiger partial charge in [-0.1, -0.05) is 38.1 Å². The highest BCUT2D eigenvalue weighted by Gasteiger charge is 2.80. The molecule has 2 heterocycles. The third-order valence-corrected chi connectivity index (χ3v) is 9.33. The number of benzene rings is 1. The highest BCUT2D eigenvalue weighted by Crippen LogP contribution is 2.48. The Morgan fingerprint density at radius 1 is 0.941 bits per heavy atom. The topological polar surface area (TPSA) is 263 Å². The van der Waals surface area contributed by atoms with Crippen molar-refractivity contribution in [2.45, 2.75) is 128 Å². The summed E-state index contributed by atoms with van der Waals surface area (Å²) in [4.78, 5) is 74.9. The second kappa shape index (κ2) is 15.1. The van der Waals surface area contributed by atoms with Crippen LogP contribution in [0.5, 0.6) is 5.88 Å². The first-order valence-corrected chi connectivity index (χ1v) is 16.4. The molecule has 1 aliphatic heterocycles. The van der Waals surface area contributed by atoms with Crippen molar-refractivity contribution >= 4 is 35.0 Å². The molecule has 51 heavy (non-hydrogen) atoms. The Morgan fingerprint density at radius 3 is 1.96 bits per heavy atom. The number of aliphatic hydroxyl groups is 4. The van der Waals surface area contributed by atoms with Crippen LogP contribution in [-0.2, 0) is 46.3 Å². The lowest BCUT2D eigenvalue weighted by atomic mass is 9.60. The Bertz CT molecular complexity index is 1680. The number of aliphatic carboxylic acids is 1. The number of carboxylic acids is 1. The lowest BCUT2D eigenvalue weighted by Gasteiger charge is -2.57. The molecule has 16 heteroatoms. The standard InChI is InChI=1S/C35H47N3O13/c1-17(2)26-24(16-23-14-12-22(13-15-23)10-9-11-25(43)36-32(7,8)30(45)46)29(38-37-26)51-31-34(48,20(5)41)35(49,21(6)42)33(47,19(4)40)28(50-31)27(44)18(3)39/h12-15,17,27-28,31,44,47-49H,9-11,16H2,1-8H3,(H,36,43)(H,37,38)(H,45,46)/t27?,28-,31+,33+,34+,35+/m1/s1. The maximum absolute atomic E-state index is 13.1. The Kier molecular flexibility index (Phi) is 12.2. The van der Waals surface area contributed by atoms with Crippen LogP contribution >= 0.6 is 0 Å². The minimum absolute atomic E-state index is 0.120. The average Bonchev–Trinajstić information content (AvgIpc) is 3.42. The number of nitrogens with one attached hydrogen (secondary N) is 2. The number of carbonyl (C=O) groups is 6. The monoisotopic (exact) mass is 717 g/mol. The quantitative estimate of drug-likeness (QED) is 0.124. The largest absolute Gasteiger partial charge is 0.480 e. The molecule has 0 bridgehead atoms. The van der Waals surface area contributed by atoms with Crippen molar-refractivity contribution in [3.05, 3.63) is 46.6 Å². The van der Waals surface area contributed by atoms with Crippen molar-refractivity contribution in [3.8, 4) is 5.88 Å². The fraction of sp³-hybridized carbons (Fsp3) is 0.571. The highest BCUT2D eigenvalue weighted by molar-refractivity contribution is 6.05. The van der Waals surface area contributed by atoms with Gasteiger partial charge < -0.3 is 40.3 Å². The molecule has 1 amide bonds. The Labute approximate surface area is 294 Å². The zero-order valence-electron chi connectivity index (χ0n) is 29.9. The third kappa shape index (κ3) is 7.51. The van der Waals surface area contributed by atoms with Gasteiger partial charge in [0, 0.05) is 24.1 Å². The predicted molar refractivity (Wildman–Crippen MR) is 178 cm³/mol. The van der Waals surface area contributed by atoms with Gasteiger partial charge >= 0.3 is 5.97 Å². The van der Waals surface area contributed by atoms with E-state index in [1.807, 2.05) is 38.1 Å². The second-order valence-electron chi connectivity index (χ2n) is 13.9. The van der Waals surface area contributed by atoms with E-state index in [-0.39, 0.29) is 30.5 Å². The van der Waals surface area contributed by atoms with Gasteiger partial charge in [0.15, 0.2) is 28.7 Å². The molecule has 1 fully saturated rings. The summed E-state index contributed by atoms with van der Waals surface area (Å²) in [6.45, 7) is 9.59. The number of carbonyl (C=O) groups excluding carboxylic acids is 5. The highest BCUT2D eigenvalue weighted by atomic mass is 16.7. The summed E-state index contributed by atoms with van der Waals surface area (Å²) in [5.74, 6) is -7.18. The average molecular weight is 718 g/mol. The van der Waals surface area contributed by atoms with Crippen molar-refractivity contribution < 1.29 is 63.8 Å². The molecule has 16 nitrogen and oxygen atoms in total. The number of carboxylic acid groups (broad SMARTS) is 1. The molecule has 3 rings (SSSR count). The van der Waals surface area contributed by atoms with Crippen LogP contribution in [0.15, 0.2) is 24.3 Å². The second-order valence-corrected chi connectivity index (χ2v) is 13.9. The van der Waals surface area contributed by atoms with E-state index >= 15 is 0 Å². The van der Waals surface area contributed by atoms with Crippen LogP contribution in [0, 0.1) is 0 Å². The number of hydrogen-bond donors (Lipinski definition) is 7. The first-order valence-electron chi connectivity index (χ1n) is 16.4. The number of Topliss-reactive ketones (excluding diaryl/α,β-unsaturated/α-hetero) is 4. The molecular formula is C35H47N3O13. The van der Waals surface area contributed by atoms with Crippen LogP contribution in [0.3, 0.4) is 0 Å². The molecule has 1 aromatic heterocycles. The number of aryl methyl sites for hydroxylation is 1. The van der Waals surface area contributed by atoms with Gasteiger partial charge in [0.2, 0.25) is 29.3 Å². The Balaban J connectivity index is 1.97. The lowest BCUT2D eigenvalue weighted by Crippen LogP contribution is -2.87. The van der Waals surface area contributed by atoms with Crippen molar-refractivity contribution in [2.75, 3.05) is 0 Å². The summed E-state index contributed by atoms with van der Waals surface area (Å²) in [5, 5.41) is 64.7. The molecule has 0 saturated carbocycles. The maximum atomic E-state index is 13.1. The molecule has 0 radical (unpaired) electrons. The van der Waals surface area contributed by atoms with Gasteiger partial charge in [-0.25, -0.2) is 4.79 Å². The molecule has 280 valence electrons. The number of hydrogen-bond acceptors (Lipinski definition) is 13. The number of H-pyrrole nitrogens is 1. The van der Waals surface area contributed by atoms with Gasteiger partial charge in [0.25, 0.3) is 0 Å². The molecule has 1 saturated heterocycles. The number of aromatic amines is 1. The summed E-state index contributed by atoms with van der Waals surface area (Å²) >= 11 is 0. The first-order chi connectivity index (χ1) is 23.5. The van der Waals surface area contributed by atoms with E-state index < -0.39 is 69.9 Å². The van der Waals surface area contributed by atoms with Crippen molar-refractivity contribution in [1.29, 1.82) is 0 Å². The van der Waals surface area contributed by atoms with Gasteiger partial charge in [0.1, 0.15) is 17.7 Å². The summed E-state index contributed by atoms with van der Waals surface area (Å²) in [7, 11) is 0. The number of ether oxygens (including phenoxy) is 2. The van der Waals surface area contributed by atoms with Crippen LogP contribution in [-0.4, -0.2) is 112 Å². The van der Waals surface area contributed by atoms with Gasteiger partial charge in [-0.15, -0.1) is 5.10 Å². The van der Waals surface area contributed by atoms with E-state index in [0.717, 1.165) is 31.9 Å². The van der Waals surface area contributed by atoms with Crippen LogP contribution in [0.4, 0.5) is 0 Å². The normalized spacial score (nSPS) is 25.6. The number of aromatic nitrogens is 2. The number of ketones is 4. The molecule has 0 spiro atoms. The molecule has 1 aromatic carbocycles. The molecule has 1 aliphatic rings. The molecule has 2 aromatic rings. The van der Waals surface area contributed by atoms with E-state index in [1.54, 1.807) is 0 Å². The van der Waals surface area contributed by atoms with Crippen LogP contribution in [0.1, 0.15) is 96.5 Å². The lowest BCUT2D eigenvalue weighted by molar-refractivity contribution is -0.358. The van der Waals surface area contributed by atoms with E-state index in [0.29, 0.717) is 31.0 Å². The molecule has 0 aliphatic carbocycles. The zero-order chi connectivity index (χ0) is 38.9. The molecule has 7 N–H and O–H groups in total. The zero-order valence-corrected chi connectivity index (χ0v) is 29.9. The van der Waals surface area contributed by atoms with Crippen LogP contribution in [0.25, 0.3) is 0 Å². The van der Waals surface area contributed by atoms with E-state index in [9.17, 15) is 54.3 Å². The maximum Gasteiger partial charge on any atom is 0.328 e. The van der Waals surface area contributed by atoms with E-state index in [1.165, 1.54) is 13.8 Å². The third-order valence-electron chi connectivity index (χ3n) is 9.33. The fourth-order valence-electron chi connectivity index (χ4n) is 6.19. The minimum Gasteiger partial charge on any atom is -0.480 e. The van der Waals surface area contributed by atoms with Gasteiger partial charge in [-0.3, -0.25) is 29.1 Å². The smallest absolute Gasteiger partial charge is 0.328 e. The number of nitrogens with zero attached hydrogens (tertiary/aromatic N) is 1. The Hall–Kier alpha value is -4.35. The van der Waals surface area contributed by atoms with Gasteiger partial charge in [0.05, 0.1) is 0 Å². The van der Waals surface area contributed by atoms with Crippen molar-refractivity contribution in [2.24, 2.45) is 0 Å². The Morgan fingerprint density at radius 2 is 1.49 bits per heavy atom. The van der Waals surface area contributed by atoms with E-state index in [2.05, 4.69) is 15.5 Å². The predicted octanol–water partition coefficient (Wildman–Crippen LogP) is 0.440. The minimum atomic E-state index is -3.66. The molecule has 1 unspecified atom stereocenters. The summed E-state index contributed by atoms with van der Waals surface area (Å²) in [6.07, 6.45) is -5.81. The summed E-state index contributed by atoms with van der Waals surface area (Å²) in [5.41, 5.74) is -9.37. The number of rotatable bonds is 16. The summed E-state index contributed by atoms with van der Waals surface area (Å²) < 4.78 is 11.6. The van der Waals surface area contributed by atoms with Crippen molar-refractivity contribution in [1.82, 2.24) is 15.5 Å².